The molecule has 0 bridgehead atoms. The Balaban J connectivity index is 1.25. The van der Waals surface area contributed by atoms with Crippen molar-refractivity contribution in [2.45, 2.75) is 25.7 Å². The number of rotatable bonds is 5. The normalized spacial score (nSPS) is 13.4. The lowest BCUT2D eigenvalue weighted by Gasteiger charge is -2.09. The molecular weight excluding hydrogens is 412 g/mol. The van der Waals surface area contributed by atoms with E-state index in [1.54, 1.807) is 12.4 Å². The van der Waals surface area contributed by atoms with Crippen LogP contribution in [0.3, 0.4) is 0 Å². The van der Waals surface area contributed by atoms with Crippen molar-refractivity contribution in [1.29, 1.82) is 0 Å². The number of nitrogens with zero attached hydrogens (tertiary/aromatic N) is 4. The van der Waals surface area contributed by atoms with Crippen LogP contribution in [-0.2, 0) is 0 Å². The first-order valence-electron chi connectivity index (χ1n) is 11.0. The summed E-state index contributed by atoms with van der Waals surface area (Å²) >= 11 is 0. The maximum atomic E-state index is 12.0. The average Bonchev–Trinajstić information content (AvgIpc) is 3.58. The number of benzene rings is 2. The molecule has 2 N–H and O–H groups in total. The van der Waals surface area contributed by atoms with Gasteiger partial charge < -0.3 is 14.9 Å². The van der Waals surface area contributed by atoms with E-state index in [-0.39, 0.29) is 5.56 Å². The quantitative estimate of drug-likeness (QED) is 0.402. The van der Waals surface area contributed by atoms with Gasteiger partial charge in [-0.15, -0.1) is 0 Å². The summed E-state index contributed by atoms with van der Waals surface area (Å²) in [4.78, 5) is 28.5. The fourth-order valence-electron chi connectivity index (χ4n) is 4.04. The van der Waals surface area contributed by atoms with Gasteiger partial charge in [-0.3, -0.25) is 4.79 Å². The first-order chi connectivity index (χ1) is 16.1. The van der Waals surface area contributed by atoms with Gasteiger partial charge in [-0.1, -0.05) is 0 Å². The number of pyridine rings is 1. The Bertz CT molecular complexity index is 1530. The van der Waals surface area contributed by atoms with E-state index in [0.717, 1.165) is 27.9 Å². The van der Waals surface area contributed by atoms with Crippen LogP contribution in [0.2, 0.25) is 0 Å². The van der Waals surface area contributed by atoms with Crippen LogP contribution in [0.15, 0.2) is 78.2 Å². The third-order valence-corrected chi connectivity index (χ3v) is 6.06. The van der Waals surface area contributed by atoms with Crippen LogP contribution in [0.5, 0.6) is 0 Å². The van der Waals surface area contributed by atoms with Crippen molar-refractivity contribution in [1.82, 2.24) is 24.5 Å². The molecule has 6 rings (SSSR count). The van der Waals surface area contributed by atoms with E-state index in [1.165, 1.54) is 18.5 Å². The molecule has 162 valence electrons. The smallest absolute Gasteiger partial charge is 0.255 e. The molecule has 3 heterocycles. The van der Waals surface area contributed by atoms with Crippen LogP contribution in [0.4, 0.5) is 11.5 Å². The lowest BCUT2D eigenvalue weighted by molar-refractivity contribution is 1.05. The zero-order valence-electron chi connectivity index (χ0n) is 18.1. The van der Waals surface area contributed by atoms with Gasteiger partial charge in [0, 0.05) is 46.8 Å². The van der Waals surface area contributed by atoms with E-state index < -0.39 is 0 Å². The molecule has 1 saturated carbocycles. The molecule has 5 aromatic rings. The number of imidazole rings is 1. The van der Waals surface area contributed by atoms with Crippen LogP contribution in [0.1, 0.15) is 30.0 Å². The number of nitrogens with one attached hydrogen (secondary N) is 2. The molecule has 7 nitrogen and oxygen atoms in total. The lowest BCUT2D eigenvalue weighted by atomic mass is 10.1. The Hall–Kier alpha value is -4.26. The minimum absolute atomic E-state index is 0.0885. The predicted octanol–water partition coefficient (Wildman–Crippen LogP) is 5.10. The Morgan fingerprint density at radius 3 is 2.70 bits per heavy atom. The van der Waals surface area contributed by atoms with Gasteiger partial charge in [0.25, 0.3) is 5.56 Å². The second-order valence-corrected chi connectivity index (χ2v) is 8.48. The van der Waals surface area contributed by atoms with Crippen LogP contribution in [-0.4, -0.2) is 24.5 Å². The Labute approximate surface area is 190 Å². The lowest BCUT2D eigenvalue weighted by Crippen LogP contribution is -2.06. The Morgan fingerprint density at radius 2 is 1.88 bits per heavy atom. The third-order valence-electron chi connectivity index (χ3n) is 6.06. The van der Waals surface area contributed by atoms with Crippen LogP contribution in [0, 0.1) is 6.92 Å². The van der Waals surface area contributed by atoms with E-state index in [2.05, 4.69) is 48.1 Å². The van der Waals surface area contributed by atoms with Gasteiger partial charge in [-0.2, -0.15) is 0 Å². The molecule has 7 heteroatoms. The standard InChI is InChI=1S/C26H22N6O/c1-16-13-28-26(33)21-9-6-19(12-22(16)21)30-24-10-11-27-25(31-24)18-4-7-20(8-5-18)32-14-23(29-15-32)17-2-3-17/h4-15,17H,2-3H2,1H3,(H,28,33)(H,27,30,31). The van der Waals surface area contributed by atoms with Gasteiger partial charge in [0.2, 0.25) is 0 Å². The maximum absolute atomic E-state index is 12.0. The number of aromatic amines is 1. The van der Waals surface area contributed by atoms with Crippen molar-refractivity contribution in [2.75, 3.05) is 5.32 Å². The van der Waals surface area contributed by atoms with Gasteiger partial charge in [0.05, 0.1) is 12.0 Å². The molecule has 0 unspecified atom stereocenters. The monoisotopic (exact) mass is 434 g/mol. The predicted molar refractivity (Wildman–Crippen MR) is 129 cm³/mol. The second kappa shape index (κ2) is 7.70. The fraction of sp³-hybridized carbons (Fsp3) is 0.154. The minimum Gasteiger partial charge on any atom is -0.340 e. The first kappa shape index (κ1) is 19.4. The van der Waals surface area contributed by atoms with Gasteiger partial charge in [0.1, 0.15) is 5.82 Å². The molecule has 1 aliphatic carbocycles. The van der Waals surface area contributed by atoms with Crippen molar-refractivity contribution in [3.8, 4) is 17.1 Å². The molecule has 2 aromatic carbocycles. The zero-order valence-corrected chi connectivity index (χ0v) is 18.1. The third kappa shape index (κ3) is 3.78. The van der Waals surface area contributed by atoms with Crippen LogP contribution < -0.4 is 10.9 Å². The van der Waals surface area contributed by atoms with Gasteiger partial charge >= 0.3 is 0 Å². The molecule has 0 radical (unpaired) electrons. The van der Waals surface area contributed by atoms with Crippen molar-refractivity contribution in [2.24, 2.45) is 0 Å². The molecule has 0 atom stereocenters. The van der Waals surface area contributed by atoms with E-state index >= 15 is 0 Å². The SMILES string of the molecule is Cc1c[nH]c(=O)c2ccc(Nc3ccnc(-c4ccc(-n5cnc(C6CC6)c5)cc4)n3)cc12. The summed E-state index contributed by atoms with van der Waals surface area (Å²) in [5.41, 5.74) is 4.96. The number of hydrogen-bond donors (Lipinski definition) is 2. The summed E-state index contributed by atoms with van der Waals surface area (Å²) in [7, 11) is 0. The van der Waals surface area contributed by atoms with Gasteiger partial charge in [-0.25, -0.2) is 15.0 Å². The summed E-state index contributed by atoms with van der Waals surface area (Å²) in [5.74, 6) is 1.97. The van der Waals surface area contributed by atoms with Gasteiger partial charge in [0.15, 0.2) is 5.82 Å². The Morgan fingerprint density at radius 1 is 1.03 bits per heavy atom. The number of aryl methyl sites for hydroxylation is 1. The summed E-state index contributed by atoms with van der Waals surface area (Å²) in [6.07, 6.45) is 9.96. The van der Waals surface area contributed by atoms with E-state index in [4.69, 9.17) is 0 Å². The maximum Gasteiger partial charge on any atom is 0.255 e. The average molecular weight is 435 g/mol. The van der Waals surface area contributed by atoms with Crippen molar-refractivity contribution in [3.63, 3.8) is 0 Å². The number of H-pyrrole nitrogens is 1. The van der Waals surface area contributed by atoms with Gasteiger partial charge in [-0.05, 0) is 79.2 Å². The van der Waals surface area contributed by atoms with E-state index in [1.807, 2.05) is 49.6 Å². The highest BCUT2D eigenvalue weighted by Gasteiger charge is 2.25. The number of fused-ring (bicyclic) bond motifs is 1. The molecule has 1 aliphatic rings. The molecule has 0 aliphatic heterocycles. The van der Waals surface area contributed by atoms with Crippen molar-refractivity contribution in [3.05, 3.63) is 95.1 Å². The second-order valence-electron chi connectivity index (χ2n) is 8.48. The van der Waals surface area contributed by atoms with Crippen LogP contribution in [0.25, 0.3) is 27.8 Å². The topological polar surface area (TPSA) is 88.5 Å². The summed E-state index contributed by atoms with van der Waals surface area (Å²) < 4.78 is 2.06. The highest BCUT2D eigenvalue weighted by atomic mass is 16.1. The molecule has 3 aromatic heterocycles. The van der Waals surface area contributed by atoms with Crippen molar-refractivity contribution < 1.29 is 0 Å². The molecule has 0 saturated heterocycles. The molecule has 0 amide bonds. The molecule has 33 heavy (non-hydrogen) atoms. The number of anilines is 2. The largest absolute Gasteiger partial charge is 0.340 e. The Kier molecular flexibility index (Phi) is 4.54. The summed E-state index contributed by atoms with van der Waals surface area (Å²) in [5, 5.41) is 4.92. The summed E-state index contributed by atoms with van der Waals surface area (Å²) in [6, 6.07) is 15.7. The van der Waals surface area contributed by atoms with Crippen molar-refractivity contribution >= 4 is 22.3 Å². The zero-order chi connectivity index (χ0) is 22.4. The van der Waals surface area contributed by atoms with E-state index in [0.29, 0.717) is 22.9 Å². The molecule has 0 spiro atoms. The summed E-state index contributed by atoms with van der Waals surface area (Å²) in [6.45, 7) is 1.98. The number of hydrogen-bond acceptors (Lipinski definition) is 5. The highest BCUT2D eigenvalue weighted by Crippen LogP contribution is 2.39. The van der Waals surface area contributed by atoms with E-state index in [9.17, 15) is 4.79 Å². The fourth-order valence-corrected chi connectivity index (χ4v) is 4.04. The number of aromatic nitrogens is 5. The molecular formula is C26H22N6O. The molecule has 1 fully saturated rings. The first-order valence-corrected chi connectivity index (χ1v) is 11.0. The highest BCUT2D eigenvalue weighted by molar-refractivity contribution is 5.88. The van der Waals surface area contributed by atoms with Crippen LogP contribution >= 0.6 is 0 Å². The minimum atomic E-state index is -0.0885.